The zero-order valence-corrected chi connectivity index (χ0v) is 12.3. The molecule has 0 saturated heterocycles. The minimum absolute atomic E-state index is 0.607. The van der Waals surface area contributed by atoms with Crippen molar-refractivity contribution in [2.24, 2.45) is 0 Å². The highest BCUT2D eigenvalue weighted by atomic mass is 35.5. The second-order valence-electron chi connectivity index (χ2n) is 4.27. The van der Waals surface area contributed by atoms with E-state index < -0.39 is 0 Å². The quantitative estimate of drug-likeness (QED) is 0.864. The molecule has 19 heavy (non-hydrogen) atoms. The first-order chi connectivity index (χ1) is 9.10. The van der Waals surface area contributed by atoms with Crippen LogP contribution in [0.1, 0.15) is 11.1 Å². The normalized spacial score (nSPS) is 10.3. The lowest BCUT2D eigenvalue weighted by Crippen LogP contribution is -2.01. The first-order valence-corrected chi connectivity index (χ1v) is 6.68. The van der Waals surface area contributed by atoms with Crippen molar-refractivity contribution < 1.29 is 4.74 Å². The largest absolute Gasteiger partial charge is 0.495 e. The molecular weight excluding hydrogens is 281 g/mol. The maximum Gasteiger partial charge on any atom is 0.139 e. The van der Waals surface area contributed by atoms with E-state index in [-0.39, 0.29) is 0 Å². The third-order valence-corrected chi connectivity index (χ3v) is 3.49. The number of anilines is 1. The maximum absolute atomic E-state index is 5.99. The van der Waals surface area contributed by atoms with Crippen molar-refractivity contribution in [3.8, 4) is 5.75 Å². The fourth-order valence-corrected chi connectivity index (χ4v) is 2.25. The zero-order chi connectivity index (χ0) is 13.8. The molecule has 0 atom stereocenters. The van der Waals surface area contributed by atoms with Crippen LogP contribution >= 0.6 is 23.2 Å². The fraction of sp³-hybridized carbons (Fsp3) is 0.200. The summed E-state index contributed by atoms with van der Waals surface area (Å²) >= 11 is 11.9. The Hall–Kier alpha value is -1.38. The van der Waals surface area contributed by atoms with Crippen LogP contribution in [0.15, 0.2) is 36.4 Å². The molecule has 0 heterocycles. The predicted molar refractivity (Wildman–Crippen MR) is 81.5 cm³/mol. The summed E-state index contributed by atoms with van der Waals surface area (Å²) in [5.41, 5.74) is 3.34. The van der Waals surface area contributed by atoms with Gasteiger partial charge in [-0.25, -0.2) is 0 Å². The SMILES string of the molecule is COc1cc(NCc2ccc(Cl)cc2C)ccc1Cl. The van der Waals surface area contributed by atoms with Crippen LogP contribution < -0.4 is 10.1 Å². The summed E-state index contributed by atoms with van der Waals surface area (Å²) in [4.78, 5) is 0. The van der Waals surface area contributed by atoms with Gasteiger partial charge in [0.15, 0.2) is 0 Å². The van der Waals surface area contributed by atoms with Gasteiger partial charge in [-0.1, -0.05) is 29.3 Å². The molecule has 2 aromatic rings. The van der Waals surface area contributed by atoms with E-state index >= 15 is 0 Å². The molecule has 0 radical (unpaired) electrons. The van der Waals surface area contributed by atoms with Crippen LogP contribution in [0.5, 0.6) is 5.75 Å². The molecule has 0 aliphatic heterocycles. The molecule has 100 valence electrons. The van der Waals surface area contributed by atoms with Crippen LogP contribution in [0.3, 0.4) is 0 Å². The fourth-order valence-electron chi connectivity index (χ4n) is 1.82. The van der Waals surface area contributed by atoms with E-state index in [2.05, 4.69) is 5.32 Å². The van der Waals surface area contributed by atoms with Crippen molar-refractivity contribution in [3.05, 3.63) is 57.6 Å². The average molecular weight is 296 g/mol. The van der Waals surface area contributed by atoms with Gasteiger partial charge in [-0.15, -0.1) is 0 Å². The number of methoxy groups -OCH3 is 1. The number of halogens is 2. The molecule has 2 rings (SSSR count). The molecule has 4 heteroatoms. The van der Waals surface area contributed by atoms with Gasteiger partial charge in [0, 0.05) is 23.3 Å². The number of rotatable bonds is 4. The van der Waals surface area contributed by atoms with Gasteiger partial charge in [0.25, 0.3) is 0 Å². The molecule has 0 unspecified atom stereocenters. The second kappa shape index (κ2) is 6.18. The Balaban J connectivity index is 2.10. The number of aryl methyl sites for hydroxylation is 1. The van der Waals surface area contributed by atoms with Gasteiger partial charge in [-0.05, 0) is 42.3 Å². The lowest BCUT2D eigenvalue weighted by atomic mass is 10.1. The molecule has 1 N–H and O–H groups in total. The average Bonchev–Trinajstić information content (AvgIpc) is 2.39. The molecule has 0 aliphatic rings. The van der Waals surface area contributed by atoms with Gasteiger partial charge in [0.2, 0.25) is 0 Å². The highest BCUT2D eigenvalue weighted by Gasteiger charge is 2.03. The lowest BCUT2D eigenvalue weighted by molar-refractivity contribution is 0.415. The van der Waals surface area contributed by atoms with Crippen LogP contribution in [0, 0.1) is 6.92 Å². The van der Waals surface area contributed by atoms with Gasteiger partial charge in [0.1, 0.15) is 5.75 Å². The van der Waals surface area contributed by atoms with E-state index in [1.807, 2.05) is 43.3 Å². The van der Waals surface area contributed by atoms with Crippen molar-refractivity contribution >= 4 is 28.9 Å². The molecule has 2 aromatic carbocycles. The van der Waals surface area contributed by atoms with E-state index in [0.29, 0.717) is 10.8 Å². The van der Waals surface area contributed by atoms with Crippen molar-refractivity contribution in [1.82, 2.24) is 0 Å². The second-order valence-corrected chi connectivity index (χ2v) is 5.12. The number of hydrogen-bond donors (Lipinski definition) is 1. The van der Waals surface area contributed by atoms with Crippen molar-refractivity contribution in [3.63, 3.8) is 0 Å². The number of nitrogens with one attached hydrogen (secondary N) is 1. The van der Waals surface area contributed by atoms with Gasteiger partial charge in [-0.3, -0.25) is 0 Å². The van der Waals surface area contributed by atoms with Gasteiger partial charge in [0.05, 0.1) is 12.1 Å². The van der Waals surface area contributed by atoms with Crippen molar-refractivity contribution in [2.75, 3.05) is 12.4 Å². The van der Waals surface area contributed by atoms with Crippen LogP contribution in [0.4, 0.5) is 5.69 Å². The minimum atomic E-state index is 0.607. The Labute approximate surface area is 123 Å². The molecule has 0 fully saturated rings. The summed E-state index contributed by atoms with van der Waals surface area (Å²) in [6.45, 7) is 2.78. The number of hydrogen-bond acceptors (Lipinski definition) is 2. The molecule has 0 aromatic heterocycles. The van der Waals surface area contributed by atoms with Crippen molar-refractivity contribution in [2.45, 2.75) is 13.5 Å². The topological polar surface area (TPSA) is 21.3 Å². The summed E-state index contributed by atoms with van der Waals surface area (Å²) in [5.74, 6) is 0.666. The molecular formula is C15H15Cl2NO. The van der Waals surface area contributed by atoms with Crippen LogP contribution in [-0.2, 0) is 6.54 Å². The van der Waals surface area contributed by atoms with E-state index in [1.165, 1.54) is 11.1 Å². The van der Waals surface area contributed by atoms with Crippen LogP contribution in [0.25, 0.3) is 0 Å². The lowest BCUT2D eigenvalue weighted by Gasteiger charge is -2.11. The Morgan fingerprint density at radius 3 is 2.58 bits per heavy atom. The molecule has 0 aliphatic carbocycles. The zero-order valence-electron chi connectivity index (χ0n) is 10.8. The van der Waals surface area contributed by atoms with Crippen molar-refractivity contribution in [1.29, 1.82) is 0 Å². The first kappa shape index (κ1) is 14.0. The smallest absolute Gasteiger partial charge is 0.139 e. The first-order valence-electron chi connectivity index (χ1n) is 5.92. The van der Waals surface area contributed by atoms with Gasteiger partial charge in [-0.2, -0.15) is 0 Å². The summed E-state index contributed by atoms with van der Waals surface area (Å²) in [6, 6.07) is 11.5. The molecule has 0 spiro atoms. The Bertz CT molecular complexity index is 584. The van der Waals surface area contributed by atoms with Gasteiger partial charge >= 0.3 is 0 Å². The third kappa shape index (κ3) is 3.55. The standard InChI is InChI=1S/C15H15Cl2NO/c1-10-7-12(16)4-3-11(10)9-18-13-5-6-14(17)15(8-13)19-2/h3-8,18H,9H2,1-2H3. The van der Waals surface area contributed by atoms with E-state index in [1.54, 1.807) is 7.11 Å². The Kier molecular flexibility index (Phi) is 4.56. The molecule has 2 nitrogen and oxygen atoms in total. The van der Waals surface area contributed by atoms with E-state index in [4.69, 9.17) is 27.9 Å². The summed E-state index contributed by atoms with van der Waals surface area (Å²) < 4.78 is 5.19. The summed E-state index contributed by atoms with van der Waals surface area (Å²) in [7, 11) is 1.61. The molecule has 0 saturated carbocycles. The minimum Gasteiger partial charge on any atom is -0.495 e. The highest BCUT2D eigenvalue weighted by molar-refractivity contribution is 6.32. The summed E-state index contributed by atoms with van der Waals surface area (Å²) in [6.07, 6.45) is 0. The Morgan fingerprint density at radius 2 is 1.89 bits per heavy atom. The van der Waals surface area contributed by atoms with Gasteiger partial charge < -0.3 is 10.1 Å². The number of ether oxygens (including phenoxy) is 1. The maximum atomic E-state index is 5.99. The van der Waals surface area contributed by atoms with E-state index in [0.717, 1.165) is 17.3 Å². The van der Waals surface area contributed by atoms with E-state index in [9.17, 15) is 0 Å². The predicted octanol–water partition coefficient (Wildman–Crippen LogP) is 4.92. The van der Waals surface area contributed by atoms with Crippen LogP contribution in [0.2, 0.25) is 10.0 Å². The molecule has 0 amide bonds. The Morgan fingerprint density at radius 1 is 1.11 bits per heavy atom. The van der Waals surface area contributed by atoms with Crippen LogP contribution in [-0.4, -0.2) is 7.11 Å². The summed E-state index contributed by atoms with van der Waals surface area (Å²) in [5, 5.41) is 4.71. The molecule has 0 bridgehead atoms. The third-order valence-electron chi connectivity index (χ3n) is 2.94. The highest BCUT2D eigenvalue weighted by Crippen LogP contribution is 2.27. The monoisotopic (exact) mass is 295 g/mol. The number of benzene rings is 2.